The van der Waals surface area contributed by atoms with E-state index in [4.69, 9.17) is 18.9 Å². The average Bonchev–Trinajstić information content (AvgIpc) is 3.58. The standard InChI is InChI=1S/C39H43N3O7/c1-40-21-39(48-22-41-2)20-31-30-16-26(15-23-4-8-32-24(14-23)10-11-42-32)29-18-27(44)6-7-28(29)37(30)36(47-13-12-43)19-34(31)49-38(39)25-5-9-33(45)35(17-25)46-3/h4-10,14,17-19,26,38,40-41,43-45H,11-13,15-16,20-22H2,1-3H3/t26-,38+,39-/m0/s1. The average molecular weight is 666 g/mol. The lowest BCUT2D eigenvalue weighted by atomic mass is 9.71. The molecule has 3 atom stereocenters. The van der Waals surface area contributed by atoms with E-state index in [1.165, 1.54) is 12.7 Å². The molecule has 0 amide bonds. The third-order valence-corrected chi connectivity index (χ3v) is 9.85. The summed E-state index contributed by atoms with van der Waals surface area (Å²) >= 11 is 0. The largest absolute Gasteiger partial charge is 0.508 e. The molecule has 10 heteroatoms. The molecule has 0 spiro atoms. The van der Waals surface area contributed by atoms with Crippen LogP contribution in [0.25, 0.3) is 17.2 Å². The number of benzene rings is 4. The van der Waals surface area contributed by atoms with E-state index in [2.05, 4.69) is 39.9 Å². The molecule has 0 fully saturated rings. The zero-order valence-electron chi connectivity index (χ0n) is 28.1. The van der Waals surface area contributed by atoms with E-state index in [1.54, 1.807) is 18.2 Å². The first-order valence-electron chi connectivity index (χ1n) is 16.7. The minimum Gasteiger partial charge on any atom is -0.508 e. The second-order valence-corrected chi connectivity index (χ2v) is 12.9. The highest BCUT2D eigenvalue weighted by molar-refractivity contribution is 5.83. The number of aliphatic hydroxyl groups is 1. The molecule has 10 nitrogen and oxygen atoms in total. The second-order valence-electron chi connectivity index (χ2n) is 12.9. The number of nitrogens with zero attached hydrogens (tertiary/aromatic N) is 1. The van der Waals surface area contributed by atoms with Crippen molar-refractivity contribution in [1.29, 1.82) is 0 Å². The van der Waals surface area contributed by atoms with Crippen molar-refractivity contribution in [1.82, 2.24) is 10.6 Å². The number of hydrogen-bond acceptors (Lipinski definition) is 10. The maximum Gasteiger partial charge on any atom is 0.160 e. The van der Waals surface area contributed by atoms with Crippen LogP contribution in [0.4, 0.5) is 0 Å². The summed E-state index contributed by atoms with van der Waals surface area (Å²) in [6, 6.07) is 19.2. The lowest BCUT2D eigenvalue weighted by Gasteiger charge is -2.46. The van der Waals surface area contributed by atoms with Gasteiger partial charge in [0.15, 0.2) is 17.6 Å². The number of ether oxygens (including phenoxy) is 4. The normalized spacial score (nSPS) is 20.2. The van der Waals surface area contributed by atoms with Crippen LogP contribution < -0.4 is 35.4 Å². The number of likely N-dealkylation sites (N-methyl/N-ethyl adjacent to an activating group) is 1. The lowest BCUT2D eigenvalue weighted by Crippen LogP contribution is -2.54. The molecule has 256 valence electrons. The molecular weight excluding hydrogens is 622 g/mol. The van der Waals surface area contributed by atoms with E-state index >= 15 is 0 Å². The van der Waals surface area contributed by atoms with Crippen LogP contribution >= 0.6 is 0 Å². The number of methoxy groups -OCH3 is 1. The summed E-state index contributed by atoms with van der Waals surface area (Å²) in [5.74, 6) is 1.95. The topological polar surface area (TPSA) is 134 Å². The van der Waals surface area contributed by atoms with Crippen LogP contribution in [0.2, 0.25) is 0 Å². The molecule has 4 aromatic rings. The van der Waals surface area contributed by atoms with E-state index in [0.29, 0.717) is 49.9 Å². The summed E-state index contributed by atoms with van der Waals surface area (Å²) in [5.41, 5.74) is 6.27. The highest BCUT2D eigenvalue weighted by Crippen LogP contribution is 2.54. The summed E-state index contributed by atoms with van der Waals surface area (Å²) in [6.45, 7) is 1.45. The Labute approximate surface area is 285 Å². The summed E-state index contributed by atoms with van der Waals surface area (Å²) < 4.78 is 25.4. The van der Waals surface area contributed by atoms with E-state index < -0.39 is 11.7 Å². The summed E-state index contributed by atoms with van der Waals surface area (Å²) in [4.78, 5) is 4.56. The third-order valence-electron chi connectivity index (χ3n) is 9.85. The van der Waals surface area contributed by atoms with Crippen LogP contribution in [0.5, 0.6) is 28.7 Å². The molecule has 7 rings (SSSR count). The Balaban J connectivity index is 1.40. The molecule has 1 aliphatic carbocycles. The van der Waals surface area contributed by atoms with Gasteiger partial charge < -0.3 is 39.6 Å². The quantitative estimate of drug-likeness (QED) is 0.145. The Morgan fingerprint density at radius 3 is 2.65 bits per heavy atom. The fourth-order valence-electron chi connectivity index (χ4n) is 7.74. The molecule has 0 aromatic heterocycles. The van der Waals surface area contributed by atoms with Gasteiger partial charge in [0.05, 0.1) is 32.3 Å². The van der Waals surface area contributed by atoms with Gasteiger partial charge in [-0.25, -0.2) is 0 Å². The molecule has 2 heterocycles. The molecule has 3 aliphatic rings. The maximum absolute atomic E-state index is 10.7. The van der Waals surface area contributed by atoms with Crippen molar-refractivity contribution in [3.05, 3.63) is 99.1 Å². The van der Waals surface area contributed by atoms with E-state index in [1.807, 2.05) is 38.4 Å². The van der Waals surface area contributed by atoms with Crippen molar-refractivity contribution in [3.8, 4) is 39.9 Å². The van der Waals surface area contributed by atoms with Crippen LogP contribution in [-0.4, -0.2) is 75.2 Å². The van der Waals surface area contributed by atoms with Gasteiger partial charge in [-0.15, -0.1) is 0 Å². The van der Waals surface area contributed by atoms with Crippen LogP contribution in [0, 0.1) is 0 Å². The van der Waals surface area contributed by atoms with Crippen molar-refractivity contribution in [3.63, 3.8) is 0 Å². The van der Waals surface area contributed by atoms with Gasteiger partial charge in [0, 0.05) is 30.2 Å². The smallest absolute Gasteiger partial charge is 0.160 e. The van der Waals surface area contributed by atoms with Crippen molar-refractivity contribution < 1.29 is 34.3 Å². The van der Waals surface area contributed by atoms with E-state index in [0.717, 1.165) is 50.4 Å². The van der Waals surface area contributed by atoms with Crippen molar-refractivity contribution in [2.75, 3.05) is 54.2 Å². The first-order valence-corrected chi connectivity index (χ1v) is 16.7. The first-order chi connectivity index (χ1) is 23.9. The van der Waals surface area contributed by atoms with Crippen LogP contribution in [0.1, 0.15) is 39.8 Å². The van der Waals surface area contributed by atoms with Gasteiger partial charge in [0.2, 0.25) is 0 Å². The highest BCUT2D eigenvalue weighted by Gasteiger charge is 2.48. The Morgan fingerprint density at radius 2 is 1.86 bits per heavy atom. The zero-order valence-corrected chi connectivity index (χ0v) is 28.1. The Morgan fingerprint density at radius 1 is 0.980 bits per heavy atom. The molecule has 0 radical (unpaired) electrons. The molecule has 0 unspecified atom stereocenters. The van der Waals surface area contributed by atoms with E-state index in [9.17, 15) is 15.3 Å². The second kappa shape index (κ2) is 13.7. The minimum atomic E-state index is -0.849. The summed E-state index contributed by atoms with van der Waals surface area (Å²) in [6.07, 6.45) is 3.55. The van der Waals surface area contributed by atoms with Crippen LogP contribution in [0.3, 0.4) is 0 Å². The van der Waals surface area contributed by atoms with Gasteiger partial charge in [0.1, 0.15) is 29.5 Å². The van der Waals surface area contributed by atoms with Gasteiger partial charge in [-0.05, 0) is 102 Å². The van der Waals surface area contributed by atoms with Gasteiger partial charge in [0.25, 0.3) is 0 Å². The molecule has 0 bridgehead atoms. The predicted molar refractivity (Wildman–Crippen MR) is 186 cm³/mol. The number of rotatable bonds is 12. The Bertz CT molecular complexity index is 2000. The molecule has 0 saturated heterocycles. The van der Waals surface area contributed by atoms with Gasteiger partial charge >= 0.3 is 0 Å². The number of aliphatic hydroxyl groups excluding tert-OH is 1. The fourth-order valence-corrected chi connectivity index (χ4v) is 7.74. The van der Waals surface area contributed by atoms with Crippen molar-refractivity contribution >= 4 is 6.08 Å². The van der Waals surface area contributed by atoms with Crippen LogP contribution in [0.15, 0.2) is 65.7 Å². The minimum absolute atomic E-state index is 0.0398. The first kappa shape index (κ1) is 32.9. The molecule has 0 saturated carbocycles. The molecule has 5 N–H and O–H groups in total. The van der Waals surface area contributed by atoms with E-state index in [-0.39, 0.29) is 30.6 Å². The van der Waals surface area contributed by atoms with Gasteiger partial charge in [-0.3, -0.25) is 10.3 Å². The van der Waals surface area contributed by atoms with Gasteiger partial charge in [-0.2, -0.15) is 0 Å². The maximum atomic E-state index is 10.7. The zero-order chi connectivity index (χ0) is 34.1. The van der Waals surface area contributed by atoms with Crippen molar-refractivity contribution in [2.24, 2.45) is 4.99 Å². The molecule has 4 aromatic carbocycles. The number of phenolic OH excluding ortho intramolecular Hbond substituents is 2. The third kappa shape index (κ3) is 6.10. The fraction of sp³-hybridized carbons (Fsp3) is 0.359. The number of aromatic hydroxyl groups is 2. The monoisotopic (exact) mass is 665 g/mol. The molecule has 2 aliphatic heterocycles. The molecular formula is C39H43N3O7. The van der Waals surface area contributed by atoms with Crippen LogP contribution in [-0.2, 0) is 24.0 Å². The number of nitrogens with one attached hydrogen (secondary N) is 2. The van der Waals surface area contributed by atoms with Gasteiger partial charge in [-0.1, -0.05) is 24.3 Å². The number of fused-ring (bicyclic) bond motifs is 6. The molecule has 49 heavy (non-hydrogen) atoms. The number of phenols is 2. The summed E-state index contributed by atoms with van der Waals surface area (Å²) in [5, 5.41) is 39.6. The predicted octanol–water partition coefficient (Wildman–Crippen LogP) is 3.27. The SMILES string of the molecule is CNCO[C@]1(CNC)Cc2c(cc(OCCO)c3c2C[C@H](Cc2ccc4c(c2)=CCN=4)c2cc(O)ccc2-3)O[C@@H]1c1ccc(O)c(OC)c1. The number of hydrogen-bond donors (Lipinski definition) is 5. The van der Waals surface area contributed by atoms with Crippen molar-refractivity contribution in [2.45, 2.75) is 36.9 Å². The highest BCUT2D eigenvalue weighted by atomic mass is 16.6. The Hall–Kier alpha value is -4.61. The lowest BCUT2D eigenvalue weighted by molar-refractivity contribution is -0.127. The summed E-state index contributed by atoms with van der Waals surface area (Å²) in [7, 11) is 5.27. The Kier molecular flexibility index (Phi) is 9.21.